The molecule has 4 heteroatoms. The zero-order valence-electron chi connectivity index (χ0n) is 3.98. The maximum atomic E-state index is 5.24. The van der Waals surface area contributed by atoms with Crippen molar-refractivity contribution in [3.8, 4) is 0 Å². The van der Waals surface area contributed by atoms with Gasteiger partial charge in [0, 0.05) is 0 Å². The SMILES string of the molecule is C[P+](C)(N)N.[Cl-]. The van der Waals surface area contributed by atoms with Crippen molar-refractivity contribution in [2.75, 3.05) is 13.3 Å². The molecule has 2 nitrogen and oxygen atoms in total. The van der Waals surface area contributed by atoms with Crippen molar-refractivity contribution in [2.45, 2.75) is 0 Å². The fourth-order valence-electron chi connectivity index (χ4n) is 0. The number of halogens is 1. The van der Waals surface area contributed by atoms with E-state index in [9.17, 15) is 0 Å². The molecule has 0 aliphatic carbocycles. The molecule has 4 N–H and O–H groups in total. The molecule has 0 heterocycles. The van der Waals surface area contributed by atoms with Crippen molar-refractivity contribution < 1.29 is 12.4 Å². The molecule has 0 aliphatic heterocycles. The lowest BCUT2D eigenvalue weighted by Gasteiger charge is -1.97. The Morgan fingerprint density at radius 1 is 1.17 bits per heavy atom. The van der Waals surface area contributed by atoms with Crippen LogP contribution in [0.15, 0.2) is 0 Å². The Morgan fingerprint density at radius 3 is 1.17 bits per heavy atom. The van der Waals surface area contributed by atoms with Crippen molar-refractivity contribution >= 4 is 7.56 Å². The standard InChI is InChI=1S/C2H10N2P.ClH/c1-5(2,3)4;/h3-4H2,1-2H3;1H/q+1;/p-1. The summed E-state index contributed by atoms with van der Waals surface area (Å²) < 4.78 is 0. The van der Waals surface area contributed by atoms with Crippen molar-refractivity contribution in [3.63, 3.8) is 0 Å². The Morgan fingerprint density at radius 2 is 1.17 bits per heavy atom. The van der Waals surface area contributed by atoms with E-state index in [2.05, 4.69) is 0 Å². The normalized spacial score (nSPS) is 10.0. The first-order valence-electron chi connectivity index (χ1n) is 1.41. The maximum Gasteiger partial charge on any atom is 0.135 e. The minimum Gasteiger partial charge on any atom is -1.00 e. The van der Waals surface area contributed by atoms with E-state index in [0.717, 1.165) is 0 Å². The van der Waals surface area contributed by atoms with Gasteiger partial charge in [0.05, 0.1) is 13.3 Å². The van der Waals surface area contributed by atoms with E-state index in [4.69, 9.17) is 11.0 Å². The highest BCUT2D eigenvalue weighted by atomic mass is 35.5. The molecule has 0 aromatic heterocycles. The predicted molar refractivity (Wildman–Crippen MR) is 27.1 cm³/mol. The largest absolute Gasteiger partial charge is 1.00 e. The van der Waals surface area contributed by atoms with Crippen molar-refractivity contribution in [3.05, 3.63) is 0 Å². The third-order valence-corrected chi connectivity index (χ3v) is 0. The maximum absolute atomic E-state index is 5.24. The molecule has 0 spiro atoms. The Balaban J connectivity index is 0. The summed E-state index contributed by atoms with van der Waals surface area (Å²) in [5.41, 5.74) is 10.5. The van der Waals surface area contributed by atoms with E-state index in [1.54, 1.807) is 0 Å². The lowest BCUT2D eigenvalue weighted by molar-refractivity contribution is -0.00000168. The van der Waals surface area contributed by atoms with Crippen LogP contribution in [-0.4, -0.2) is 13.3 Å². The molecule has 0 aliphatic rings. The summed E-state index contributed by atoms with van der Waals surface area (Å²) >= 11 is 0. The van der Waals surface area contributed by atoms with Crippen LogP contribution in [0.25, 0.3) is 0 Å². The molecule has 0 fully saturated rings. The molecule has 6 heavy (non-hydrogen) atoms. The molecule has 0 saturated carbocycles. The van der Waals surface area contributed by atoms with Gasteiger partial charge in [-0.15, -0.1) is 0 Å². The minimum atomic E-state index is -1.39. The minimum absolute atomic E-state index is 0. The molecule has 40 valence electrons. The average Bonchev–Trinajstić information content (AvgIpc) is 0.722. The van der Waals surface area contributed by atoms with Gasteiger partial charge in [-0.2, -0.15) is 11.0 Å². The quantitative estimate of drug-likeness (QED) is 0.342. The third kappa shape index (κ3) is 150. The van der Waals surface area contributed by atoms with E-state index < -0.39 is 7.56 Å². The summed E-state index contributed by atoms with van der Waals surface area (Å²) in [5.74, 6) is 0. The van der Waals surface area contributed by atoms with Crippen LogP contribution in [0.4, 0.5) is 0 Å². The van der Waals surface area contributed by atoms with E-state index in [1.165, 1.54) is 0 Å². The summed E-state index contributed by atoms with van der Waals surface area (Å²) in [4.78, 5) is 0. The summed E-state index contributed by atoms with van der Waals surface area (Å²) in [5, 5.41) is 0. The molecule has 0 saturated heterocycles. The Hall–Kier alpha value is 0.640. The molecular formula is C2H10ClN2P. The molecule has 0 bridgehead atoms. The highest BCUT2D eigenvalue weighted by Gasteiger charge is 2.05. The van der Waals surface area contributed by atoms with Gasteiger partial charge in [-0.3, -0.25) is 0 Å². The Labute approximate surface area is 45.1 Å². The third-order valence-electron chi connectivity index (χ3n) is 0. The average molecular weight is 129 g/mol. The molecular weight excluding hydrogens is 118 g/mol. The lowest BCUT2D eigenvalue weighted by atomic mass is 11.9. The molecule has 0 unspecified atom stereocenters. The monoisotopic (exact) mass is 128 g/mol. The topological polar surface area (TPSA) is 52.0 Å². The van der Waals surface area contributed by atoms with Crippen LogP contribution in [0.5, 0.6) is 0 Å². The Kier molecular flexibility index (Phi) is 4.50. The van der Waals surface area contributed by atoms with Crippen LogP contribution in [-0.2, 0) is 0 Å². The van der Waals surface area contributed by atoms with Crippen LogP contribution in [0.1, 0.15) is 0 Å². The van der Waals surface area contributed by atoms with Crippen LogP contribution >= 0.6 is 7.56 Å². The van der Waals surface area contributed by atoms with E-state index >= 15 is 0 Å². The van der Waals surface area contributed by atoms with Crippen LogP contribution in [0, 0.1) is 0 Å². The van der Waals surface area contributed by atoms with Gasteiger partial charge in [-0.1, -0.05) is 0 Å². The number of rotatable bonds is 0. The van der Waals surface area contributed by atoms with E-state index in [1.807, 2.05) is 13.3 Å². The first-order chi connectivity index (χ1) is 2.00. The highest BCUT2D eigenvalue weighted by molar-refractivity contribution is 7.69. The van der Waals surface area contributed by atoms with Crippen LogP contribution in [0.3, 0.4) is 0 Å². The number of hydrogen-bond donors (Lipinski definition) is 2. The first kappa shape index (κ1) is 9.81. The van der Waals surface area contributed by atoms with Gasteiger partial charge in [-0.05, 0) is 0 Å². The van der Waals surface area contributed by atoms with Crippen LogP contribution in [0.2, 0.25) is 0 Å². The Bertz CT molecular complexity index is 27.0. The number of hydrogen-bond acceptors (Lipinski definition) is 2. The van der Waals surface area contributed by atoms with Crippen molar-refractivity contribution in [2.24, 2.45) is 11.0 Å². The van der Waals surface area contributed by atoms with Gasteiger partial charge in [0.2, 0.25) is 0 Å². The fourth-order valence-corrected chi connectivity index (χ4v) is 0. The van der Waals surface area contributed by atoms with Crippen molar-refractivity contribution in [1.82, 2.24) is 0 Å². The molecule has 0 radical (unpaired) electrons. The van der Waals surface area contributed by atoms with Gasteiger partial charge in [0.1, 0.15) is 7.56 Å². The smallest absolute Gasteiger partial charge is 0.135 e. The first-order valence-corrected chi connectivity index (χ1v) is 4.23. The molecule has 0 rings (SSSR count). The summed E-state index contributed by atoms with van der Waals surface area (Å²) in [7, 11) is -1.39. The molecule has 0 amide bonds. The van der Waals surface area contributed by atoms with Gasteiger partial charge < -0.3 is 12.4 Å². The van der Waals surface area contributed by atoms with E-state index in [0.29, 0.717) is 0 Å². The molecule has 0 aromatic rings. The fraction of sp³-hybridized carbons (Fsp3) is 1.00. The highest BCUT2D eigenvalue weighted by Crippen LogP contribution is 2.28. The van der Waals surface area contributed by atoms with E-state index in [-0.39, 0.29) is 12.4 Å². The molecule has 0 aromatic carbocycles. The zero-order chi connectivity index (χ0) is 4.50. The second kappa shape index (κ2) is 2.75. The predicted octanol–water partition coefficient (Wildman–Crippen LogP) is -2.98. The lowest BCUT2D eigenvalue weighted by Crippen LogP contribution is -3.00. The molecule has 0 atom stereocenters. The summed E-state index contributed by atoms with van der Waals surface area (Å²) in [6, 6.07) is 0. The second-order valence-corrected chi connectivity index (χ2v) is 4.89. The van der Waals surface area contributed by atoms with Gasteiger partial charge in [0.15, 0.2) is 0 Å². The second-order valence-electron chi connectivity index (χ2n) is 1.63. The van der Waals surface area contributed by atoms with Gasteiger partial charge in [-0.25, -0.2) is 0 Å². The van der Waals surface area contributed by atoms with Gasteiger partial charge in [0.25, 0.3) is 0 Å². The zero-order valence-corrected chi connectivity index (χ0v) is 5.63. The number of nitrogens with two attached hydrogens (primary N) is 2. The van der Waals surface area contributed by atoms with Crippen LogP contribution < -0.4 is 23.4 Å². The van der Waals surface area contributed by atoms with Gasteiger partial charge >= 0.3 is 0 Å². The summed E-state index contributed by atoms with van der Waals surface area (Å²) in [6.45, 7) is 3.71. The van der Waals surface area contributed by atoms with Crippen molar-refractivity contribution in [1.29, 1.82) is 0 Å². The summed E-state index contributed by atoms with van der Waals surface area (Å²) in [6.07, 6.45) is 0.